The van der Waals surface area contributed by atoms with Gasteiger partial charge in [-0.25, -0.2) is 4.98 Å². The summed E-state index contributed by atoms with van der Waals surface area (Å²) in [6.07, 6.45) is -2.80. The van der Waals surface area contributed by atoms with Crippen LogP contribution >= 0.6 is 11.8 Å². The fraction of sp³-hybridized carbons (Fsp3) is 0.312. The number of aromatic amines is 1. The second kappa shape index (κ2) is 7.51. The highest BCUT2D eigenvalue weighted by Gasteiger charge is 2.32. The van der Waals surface area contributed by atoms with Crippen LogP contribution in [0.5, 0.6) is 11.5 Å². The lowest BCUT2D eigenvalue weighted by atomic mass is 10.2. The molecular formula is C16H16F3N3O4S. The van der Waals surface area contributed by atoms with E-state index in [2.05, 4.69) is 15.3 Å². The van der Waals surface area contributed by atoms with Gasteiger partial charge in [0.1, 0.15) is 10.8 Å². The molecule has 0 aliphatic heterocycles. The molecule has 0 atom stereocenters. The molecule has 0 saturated heterocycles. The van der Waals surface area contributed by atoms with E-state index in [0.717, 1.165) is 17.8 Å². The highest BCUT2D eigenvalue weighted by atomic mass is 32.2. The lowest BCUT2D eigenvalue weighted by molar-refractivity contribution is -0.138. The summed E-state index contributed by atoms with van der Waals surface area (Å²) >= 11 is 0.959. The molecule has 0 aliphatic carbocycles. The van der Waals surface area contributed by atoms with E-state index in [1.54, 1.807) is 13.8 Å². The number of nitrogens with one attached hydrogen (secondary N) is 2. The van der Waals surface area contributed by atoms with E-state index in [9.17, 15) is 33.0 Å². The predicted octanol–water partition coefficient (Wildman–Crippen LogP) is 2.50. The Morgan fingerprint density at radius 2 is 2.00 bits per heavy atom. The van der Waals surface area contributed by atoms with E-state index in [1.165, 1.54) is 6.20 Å². The molecule has 4 N–H and O–H groups in total. The molecule has 2 aromatic rings. The van der Waals surface area contributed by atoms with Gasteiger partial charge in [0, 0.05) is 29.8 Å². The molecular weight excluding hydrogens is 387 g/mol. The van der Waals surface area contributed by atoms with Crippen molar-refractivity contribution >= 4 is 17.7 Å². The van der Waals surface area contributed by atoms with Crippen molar-refractivity contribution in [1.29, 1.82) is 0 Å². The highest BCUT2D eigenvalue weighted by molar-refractivity contribution is 8.00. The normalized spacial score (nSPS) is 12.0. The molecule has 1 amide bonds. The van der Waals surface area contributed by atoms with Crippen LogP contribution in [0.15, 0.2) is 34.3 Å². The number of aromatic nitrogens is 2. The summed E-state index contributed by atoms with van der Waals surface area (Å²) in [7, 11) is 0. The molecule has 2 rings (SSSR count). The zero-order chi connectivity index (χ0) is 20.4. The van der Waals surface area contributed by atoms with Gasteiger partial charge >= 0.3 is 6.18 Å². The van der Waals surface area contributed by atoms with Crippen LogP contribution in [0.3, 0.4) is 0 Å². The van der Waals surface area contributed by atoms with E-state index in [4.69, 9.17) is 0 Å². The first-order chi connectivity index (χ1) is 12.4. The summed E-state index contributed by atoms with van der Waals surface area (Å²) in [6.45, 7) is 3.35. The van der Waals surface area contributed by atoms with E-state index < -0.39 is 39.3 Å². The Kier molecular flexibility index (Phi) is 5.73. The molecule has 27 heavy (non-hydrogen) atoms. The van der Waals surface area contributed by atoms with Crippen LogP contribution in [-0.4, -0.2) is 37.4 Å². The van der Waals surface area contributed by atoms with Gasteiger partial charge < -0.3 is 20.5 Å². The van der Waals surface area contributed by atoms with E-state index in [0.29, 0.717) is 12.3 Å². The summed E-state index contributed by atoms with van der Waals surface area (Å²) in [5, 5.41) is 21.9. The van der Waals surface area contributed by atoms with Gasteiger partial charge in [0.05, 0.1) is 5.56 Å². The summed E-state index contributed by atoms with van der Waals surface area (Å²) in [6, 6.07) is 1.64. The van der Waals surface area contributed by atoms with Gasteiger partial charge in [-0.1, -0.05) is 11.8 Å². The van der Waals surface area contributed by atoms with Crippen molar-refractivity contribution in [2.45, 2.75) is 29.8 Å². The molecule has 0 aliphatic rings. The average molecular weight is 403 g/mol. The minimum Gasteiger partial charge on any atom is -0.505 e. The van der Waals surface area contributed by atoms with Crippen LogP contribution in [0.25, 0.3) is 0 Å². The van der Waals surface area contributed by atoms with Crippen molar-refractivity contribution in [3.8, 4) is 11.5 Å². The minimum atomic E-state index is -4.62. The summed E-state index contributed by atoms with van der Waals surface area (Å²) in [4.78, 5) is 29.5. The third-order valence-electron chi connectivity index (χ3n) is 3.37. The average Bonchev–Trinajstić information content (AvgIpc) is 2.56. The molecule has 0 bridgehead atoms. The molecule has 0 saturated carbocycles. The lowest BCUT2D eigenvalue weighted by Gasteiger charge is -2.24. The van der Waals surface area contributed by atoms with Gasteiger partial charge in [-0.05, 0) is 19.9 Å². The summed E-state index contributed by atoms with van der Waals surface area (Å²) < 4.78 is 37.1. The number of H-pyrrole nitrogens is 1. The number of amides is 1. The maximum atomic E-state index is 12.6. The molecule has 0 unspecified atom stereocenters. The largest absolute Gasteiger partial charge is 0.505 e. The second-order valence-corrected chi connectivity index (χ2v) is 7.85. The third kappa shape index (κ3) is 5.16. The van der Waals surface area contributed by atoms with Gasteiger partial charge in [0.2, 0.25) is 5.43 Å². The predicted molar refractivity (Wildman–Crippen MR) is 91.9 cm³/mol. The lowest BCUT2D eigenvalue weighted by Crippen LogP contribution is -2.37. The van der Waals surface area contributed by atoms with Gasteiger partial charge in [-0.3, -0.25) is 9.59 Å². The van der Waals surface area contributed by atoms with E-state index >= 15 is 0 Å². The van der Waals surface area contributed by atoms with Crippen molar-refractivity contribution in [1.82, 2.24) is 15.3 Å². The number of hydrogen-bond acceptors (Lipinski definition) is 6. The fourth-order valence-corrected chi connectivity index (χ4v) is 2.93. The van der Waals surface area contributed by atoms with Crippen LogP contribution in [0.2, 0.25) is 0 Å². The number of aromatic hydroxyl groups is 2. The van der Waals surface area contributed by atoms with E-state index in [-0.39, 0.29) is 17.3 Å². The van der Waals surface area contributed by atoms with E-state index in [1.807, 2.05) is 0 Å². The zero-order valence-electron chi connectivity index (χ0n) is 14.2. The number of hydrogen-bond donors (Lipinski definition) is 4. The molecule has 2 aromatic heterocycles. The number of carbonyl (C=O) groups excluding carboxylic acids is 1. The Balaban J connectivity index is 2.08. The van der Waals surface area contributed by atoms with Crippen LogP contribution in [0.1, 0.15) is 29.9 Å². The number of nitrogens with zero attached hydrogens (tertiary/aromatic N) is 1. The first-order valence-corrected chi connectivity index (χ1v) is 8.36. The zero-order valence-corrected chi connectivity index (χ0v) is 15.0. The SMILES string of the molecule is CC(C)(CNC(=O)c1[nH]ccc(=O)c1O)Sc1ncc(C(F)(F)F)cc1O. The minimum absolute atomic E-state index is 0.00894. The van der Waals surface area contributed by atoms with Gasteiger partial charge in [-0.15, -0.1) is 0 Å². The maximum Gasteiger partial charge on any atom is 0.418 e. The monoisotopic (exact) mass is 403 g/mol. The number of halogens is 3. The third-order valence-corrected chi connectivity index (χ3v) is 4.57. The first-order valence-electron chi connectivity index (χ1n) is 7.55. The Morgan fingerprint density at radius 3 is 2.59 bits per heavy atom. The van der Waals surface area contributed by atoms with Crippen LogP contribution < -0.4 is 10.7 Å². The van der Waals surface area contributed by atoms with Crippen molar-refractivity contribution in [2.75, 3.05) is 6.54 Å². The smallest absolute Gasteiger partial charge is 0.418 e. The Labute approximate surface area is 155 Å². The molecule has 0 radical (unpaired) electrons. The summed E-state index contributed by atoms with van der Waals surface area (Å²) in [5.41, 5.74) is -2.09. The Hall–Kier alpha value is -2.69. The molecule has 0 spiro atoms. The van der Waals surface area contributed by atoms with Crippen LogP contribution in [0, 0.1) is 0 Å². The maximum absolute atomic E-state index is 12.6. The van der Waals surface area contributed by atoms with Gasteiger partial charge in [0.15, 0.2) is 11.4 Å². The number of pyridine rings is 2. The molecule has 0 fully saturated rings. The van der Waals surface area contributed by atoms with Gasteiger partial charge in [0.25, 0.3) is 5.91 Å². The molecule has 146 valence electrons. The Morgan fingerprint density at radius 1 is 1.33 bits per heavy atom. The topological polar surface area (TPSA) is 115 Å². The van der Waals surface area contributed by atoms with Crippen LogP contribution in [0.4, 0.5) is 13.2 Å². The van der Waals surface area contributed by atoms with Crippen molar-refractivity contribution in [2.24, 2.45) is 0 Å². The number of thioether (sulfide) groups is 1. The van der Waals surface area contributed by atoms with Crippen molar-refractivity contribution in [3.63, 3.8) is 0 Å². The molecule has 2 heterocycles. The summed E-state index contributed by atoms with van der Waals surface area (Å²) in [5.74, 6) is -2.08. The number of carbonyl (C=O) groups is 1. The number of rotatable bonds is 5. The highest BCUT2D eigenvalue weighted by Crippen LogP contribution is 2.38. The molecule has 0 aromatic carbocycles. The second-order valence-electron chi connectivity index (χ2n) is 6.16. The van der Waals surface area contributed by atoms with Gasteiger partial charge in [-0.2, -0.15) is 13.2 Å². The van der Waals surface area contributed by atoms with Crippen molar-refractivity contribution < 1.29 is 28.2 Å². The molecule has 11 heteroatoms. The Bertz CT molecular complexity index is 913. The van der Waals surface area contributed by atoms with Crippen molar-refractivity contribution in [3.05, 3.63) is 46.0 Å². The number of alkyl halides is 3. The fourth-order valence-electron chi connectivity index (χ4n) is 2.00. The quantitative estimate of drug-likeness (QED) is 0.570. The standard InChI is InChI=1S/C16H16F3N3O4S/c1-15(2,7-22-13(26)11-12(25)9(23)3-4-20-11)27-14-10(24)5-8(6-21-14)16(17,18)19/h3-6,24-25H,7H2,1-2H3,(H,20,23)(H,22,26). The van der Waals surface area contributed by atoms with Crippen LogP contribution in [-0.2, 0) is 6.18 Å². The molecule has 7 nitrogen and oxygen atoms in total. The first kappa shape index (κ1) is 20.6.